The fraction of sp³-hybridized carbons (Fsp3) is 0.0714. The molecule has 0 bridgehead atoms. The highest BCUT2D eigenvalue weighted by atomic mass is 35.5. The van der Waals surface area contributed by atoms with Crippen molar-refractivity contribution < 1.29 is 17.7 Å². The Morgan fingerprint density at radius 3 is 2.57 bits per heavy atom. The molecular formula is C14H11ClN2O4S2. The van der Waals surface area contributed by atoms with Crippen molar-refractivity contribution in [2.24, 2.45) is 0 Å². The van der Waals surface area contributed by atoms with Gasteiger partial charge in [-0.25, -0.2) is 13.1 Å². The molecule has 1 N–H and O–H groups in total. The molecule has 0 amide bonds. The lowest BCUT2D eigenvalue weighted by Crippen LogP contribution is -2.11. The summed E-state index contributed by atoms with van der Waals surface area (Å²) < 4.78 is 37.7. The first kappa shape index (κ1) is 15.9. The SMILES string of the molecule is COc1ccc(-c2cnoc2NS(=O)(=O)c2ccc(Cl)s2)cc1. The van der Waals surface area contributed by atoms with Gasteiger partial charge in [-0.3, -0.25) is 0 Å². The van der Waals surface area contributed by atoms with E-state index in [0.29, 0.717) is 15.6 Å². The van der Waals surface area contributed by atoms with Crippen LogP contribution in [0.4, 0.5) is 5.88 Å². The van der Waals surface area contributed by atoms with E-state index >= 15 is 0 Å². The van der Waals surface area contributed by atoms with E-state index in [1.807, 2.05) is 0 Å². The number of sulfonamides is 1. The third-order valence-corrected chi connectivity index (χ3v) is 6.07. The minimum Gasteiger partial charge on any atom is -0.497 e. The van der Waals surface area contributed by atoms with E-state index in [4.69, 9.17) is 20.9 Å². The number of nitrogens with one attached hydrogen (secondary N) is 1. The number of halogens is 1. The Balaban J connectivity index is 1.91. The molecule has 0 spiro atoms. The lowest BCUT2D eigenvalue weighted by Gasteiger charge is -2.05. The number of thiophene rings is 1. The highest BCUT2D eigenvalue weighted by molar-refractivity contribution is 7.94. The summed E-state index contributed by atoms with van der Waals surface area (Å²) in [7, 11) is -2.21. The summed E-state index contributed by atoms with van der Waals surface area (Å²) in [5, 5.41) is 3.67. The number of ether oxygens (including phenoxy) is 1. The van der Waals surface area contributed by atoms with Gasteiger partial charge in [0.25, 0.3) is 10.0 Å². The summed E-state index contributed by atoms with van der Waals surface area (Å²) in [4.78, 5) is 0. The second-order valence-electron chi connectivity index (χ2n) is 4.46. The Morgan fingerprint density at radius 1 is 1.22 bits per heavy atom. The number of anilines is 1. The van der Waals surface area contributed by atoms with Gasteiger partial charge in [-0.1, -0.05) is 28.9 Å². The topological polar surface area (TPSA) is 81.4 Å². The van der Waals surface area contributed by atoms with E-state index in [1.54, 1.807) is 31.4 Å². The average Bonchev–Trinajstić information content (AvgIpc) is 3.16. The summed E-state index contributed by atoms with van der Waals surface area (Å²) in [6, 6.07) is 10.0. The molecule has 3 rings (SSSR count). The molecule has 0 aliphatic heterocycles. The van der Waals surface area contributed by atoms with Crippen LogP contribution < -0.4 is 9.46 Å². The van der Waals surface area contributed by atoms with Crippen LogP contribution in [0.25, 0.3) is 11.1 Å². The largest absolute Gasteiger partial charge is 0.497 e. The van der Waals surface area contributed by atoms with Crippen LogP contribution in [0, 0.1) is 0 Å². The molecule has 9 heteroatoms. The van der Waals surface area contributed by atoms with Gasteiger partial charge in [0.05, 0.1) is 23.2 Å². The Kier molecular flexibility index (Phi) is 4.29. The lowest BCUT2D eigenvalue weighted by molar-refractivity contribution is 0.415. The molecule has 0 unspecified atom stereocenters. The van der Waals surface area contributed by atoms with Crippen molar-refractivity contribution in [3.63, 3.8) is 0 Å². The van der Waals surface area contributed by atoms with Crippen LogP contribution in [0.3, 0.4) is 0 Å². The van der Waals surface area contributed by atoms with Crippen LogP contribution in [-0.2, 0) is 10.0 Å². The molecule has 2 heterocycles. The summed E-state index contributed by atoms with van der Waals surface area (Å²) in [6.45, 7) is 0. The normalized spacial score (nSPS) is 11.4. The van der Waals surface area contributed by atoms with Crippen LogP contribution in [0.2, 0.25) is 4.34 Å². The zero-order valence-electron chi connectivity index (χ0n) is 11.8. The van der Waals surface area contributed by atoms with Crippen molar-refractivity contribution in [2.45, 2.75) is 4.21 Å². The van der Waals surface area contributed by atoms with E-state index < -0.39 is 10.0 Å². The predicted octanol–water partition coefficient (Wildman–Crippen LogP) is 3.87. The number of nitrogens with zero attached hydrogens (tertiary/aromatic N) is 1. The summed E-state index contributed by atoms with van der Waals surface area (Å²) >= 11 is 6.74. The van der Waals surface area contributed by atoms with E-state index in [-0.39, 0.29) is 10.1 Å². The number of benzene rings is 1. The number of hydrogen-bond donors (Lipinski definition) is 1. The van der Waals surface area contributed by atoms with Gasteiger partial charge in [-0.2, -0.15) is 0 Å². The molecule has 0 saturated carbocycles. The van der Waals surface area contributed by atoms with Gasteiger partial charge in [0.15, 0.2) is 0 Å². The highest BCUT2D eigenvalue weighted by Gasteiger charge is 2.21. The molecule has 0 radical (unpaired) electrons. The van der Waals surface area contributed by atoms with Gasteiger partial charge < -0.3 is 9.26 Å². The van der Waals surface area contributed by atoms with Gasteiger partial charge in [-0.05, 0) is 29.8 Å². The van der Waals surface area contributed by atoms with Crippen LogP contribution >= 0.6 is 22.9 Å². The molecule has 0 aliphatic carbocycles. The summed E-state index contributed by atoms with van der Waals surface area (Å²) in [5.41, 5.74) is 1.27. The Morgan fingerprint density at radius 2 is 1.96 bits per heavy atom. The van der Waals surface area contributed by atoms with Gasteiger partial charge >= 0.3 is 0 Å². The van der Waals surface area contributed by atoms with Crippen LogP contribution in [-0.4, -0.2) is 20.7 Å². The van der Waals surface area contributed by atoms with Crippen molar-refractivity contribution in [1.82, 2.24) is 5.16 Å². The Labute approximate surface area is 141 Å². The Hall–Kier alpha value is -2.03. The molecule has 3 aromatic rings. The van der Waals surface area contributed by atoms with Crippen molar-refractivity contribution in [3.8, 4) is 16.9 Å². The number of methoxy groups -OCH3 is 1. The molecule has 120 valence electrons. The van der Waals surface area contributed by atoms with Gasteiger partial charge in [0.1, 0.15) is 9.96 Å². The quantitative estimate of drug-likeness (QED) is 0.737. The average molecular weight is 371 g/mol. The second-order valence-corrected chi connectivity index (χ2v) is 8.09. The number of rotatable bonds is 5. The van der Waals surface area contributed by atoms with Crippen LogP contribution in [0.5, 0.6) is 5.75 Å². The first-order chi connectivity index (χ1) is 11.0. The van der Waals surface area contributed by atoms with Gasteiger partial charge in [-0.15, -0.1) is 11.3 Å². The van der Waals surface area contributed by atoms with Gasteiger partial charge in [0.2, 0.25) is 5.88 Å². The maximum Gasteiger partial charge on any atom is 0.273 e. The fourth-order valence-electron chi connectivity index (χ4n) is 1.90. The fourth-order valence-corrected chi connectivity index (χ4v) is 4.39. The highest BCUT2D eigenvalue weighted by Crippen LogP contribution is 2.32. The maximum absolute atomic E-state index is 12.3. The number of hydrogen-bond acceptors (Lipinski definition) is 6. The van der Waals surface area contributed by atoms with E-state index in [0.717, 1.165) is 16.9 Å². The first-order valence-corrected chi connectivity index (χ1v) is 9.04. The first-order valence-electron chi connectivity index (χ1n) is 6.37. The molecule has 23 heavy (non-hydrogen) atoms. The third-order valence-electron chi connectivity index (χ3n) is 3.01. The summed E-state index contributed by atoms with van der Waals surface area (Å²) in [5.74, 6) is 0.736. The minimum absolute atomic E-state index is 0.0414. The standard InChI is InChI=1S/C14H11ClN2O4S2/c1-20-10-4-2-9(3-5-10)11-8-16-21-14(11)17-23(18,19)13-7-6-12(15)22-13/h2-8,17H,1H3. The molecule has 0 fully saturated rings. The molecule has 0 aliphatic rings. The second kappa shape index (κ2) is 6.23. The van der Waals surface area contributed by atoms with Crippen molar-refractivity contribution in [2.75, 3.05) is 11.8 Å². The maximum atomic E-state index is 12.3. The molecule has 0 atom stereocenters. The van der Waals surface area contributed by atoms with E-state index in [9.17, 15) is 8.42 Å². The van der Waals surface area contributed by atoms with Gasteiger partial charge in [0, 0.05) is 0 Å². The van der Waals surface area contributed by atoms with Crippen molar-refractivity contribution >= 4 is 38.8 Å². The van der Waals surface area contributed by atoms with E-state index in [1.165, 1.54) is 18.3 Å². The lowest BCUT2D eigenvalue weighted by atomic mass is 10.1. The summed E-state index contributed by atoms with van der Waals surface area (Å²) in [6.07, 6.45) is 1.45. The van der Waals surface area contributed by atoms with Crippen LogP contribution in [0.1, 0.15) is 0 Å². The third kappa shape index (κ3) is 3.34. The Bertz CT molecular complexity index is 916. The molecular weight excluding hydrogens is 360 g/mol. The predicted molar refractivity (Wildman–Crippen MR) is 88.6 cm³/mol. The molecule has 1 aromatic carbocycles. The monoisotopic (exact) mass is 370 g/mol. The zero-order valence-corrected chi connectivity index (χ0v) is 14.2. The minimum atomic E-state index is -3.78. The van der Waals surface area contributed by atoms with Crippen molar-refractivity contribution in [1.29, 1.82) is 0 Å². The molecule has 2 aromatic heterocycles. The molecule has 6 nitrogen and oxygen atoms in total. The van der Waals surface area contributed by atoms with E-state index in [2.05, 4.69) is 9.88 Å². The smallest absolute Gasteiger partial charge is 0.273 e. The number of aromatic nitrogens is 1. The zero-order chi connectivity index (χ0) is 16.4. The van der Waals surface area contributed by atoms with Crippen molar-refractivity contribution in [3.05, 3.63) is 46.9 Å². The van der Waals surface area contributed by atoms with Crippen LogP contribution in [0.15, 0.2) is 51.3 Å². The molecule has 0 saturated heterocycles.